The zero-order chi connectivity index (χ0) is 19.2. The van der Waals surface area contributed by atoms with Crippen molar-refractivity contribution in [2.24, 2.45) is 0 Å². The number of hydrogen-bond donors (Lipinski definition) is 1. The van der Waals surface area contributed by atoms with Crippen LogP contribution in [0.1, 0.15) is 15.9 Å². The number of amides is 2. The number of pyridine rings is 1. The monoisotopic (exact) mass is 366 g/mol. The van der Waals surface area contributed by atoms with E-state index in [4.69, 9.17) is 0 Å². The molecule has 1 N–H and O–H groups in total. The molecular weight excluding hydrogens is 344 g/mol. The summed E-state index contributed by atoms with van der Waals surface area (Å²) in [6.45, 7) is 4.50. The van der Waals surface area contributed by atoms with E-state index in [-0.39, 0.29) is 18.0 Å². The average molecular weight is 366 g/mol. The van der Waals surface area contributed by atoms with Crippen LogP contribution in [0.15, 0.2) is 48.8 Å². The Hall–Kier alpha value is -3.22. The van der Waals surface area contributed by atoms with E-state index in [0.717, 1.165) is 18.8 Å². The summed E-state index contributed by atoms with van der Waals surface area (Å²) in [4.78, 5) is 44.0. The zero-order valence-electron chi connectivity index (χ0n) is 15.2. The van der Waals surface area contributed by atoms with Gasteiger partial charge in [0.15, 0.2) is 0 Å². The van der Waals surface area contributed by atoms with Crippen LogP contribution in [0.5, 0.6) is 0 Å². The van der Waals surface area contributed by atoms with E-state index in [0.29, 0.717) is 13.1 Å². The van der Waals surface area contributed by atoms with Crippen molar-refractivity contribution in [3.05, 3.63) is 59.9 Å². The molecule has 1 fully saturated rings. The molecule has 0 unspecified atom stereocenters. The minimum absolute atomic E-state index is 0.185. The Labute approximate surface area is 158 Å². The summed E-state index contributed by atoms with van der Waals surface area (Å²) in [6, 6.07) is 11.4. The molecule has 0 saturated carbocycles. The molecule has 0 spiro atoms. The highest BCUT2D eigenvalue weighted by molar-refractivity contribution is 6.42. The quantitative estimate of drug-likeness (QED) is 0.631. The van der Waals surface area contributed by atoms with Gasteiger partial charge in [-0.15, -0.1) is 0 Å². The van der Waals surface area contributed by atoms with Crippen molar-refractivity contribution in [1.29, 1.82) is 0 Å². The van der Waals surface area contributed by atoms with E-state index in [9.17, 15) is 14.4 Å². The number of carbonyl (C=O) groups is 3. The third kappa shape index (κ3) is 4.69. The van der Waals surface area contributed by atoms with Gasteiger partial charge in [0.2, 0.25) is 5.91 Å². The van der Waals surface area contributed by atoms with Crippen molar-refractivity contribution < 1.29 is 14.4 Å². The van der Waals surface area contributed by atoms with Crippen LogP contribution in [0, 0.1) is 6.92 Å². The van der Waals surface area contributed by atoms with Crippen LogP contribution in [-0.2, 0) is 9.59 Å². The summed E-state index contributed by atoms with van der Waals surface area (Å²) in [5.41, 5.74) is 2.55. The number of aromatic nitrogens is 1. The molecule has 0 aliphatic carbocycles. The molecule has 1 aliphatic heterocycles. The van der Waals surface area contributed by atoms with Crippen LogP contribution in [0.25, 0.3) is 0 Å². The molecule has 2 aromatic rings. The minimum atomic E-state index is -0.797. The van der Waals surface area contributed by atoms with Crippen LogP contribution < -0.4 is 10.2 Å². The van der Waals surface area contributed by atoms with Crippen LogP contribution >= 0.6 is 0 Å². The van der Waals surface area contributed by atoms with Gasteiger partial charge in [-0.2, -0.15) is 0 Å². The highest BCUT2D eigenvalue weighted by atomic mass is 16.2. The molecule has 0 atom stereocenters. The van der Waals surface area contributed by atoms with Crippen molar-refractivity contribution in [2.75, 3.05) is 37.6 Å². The van der Waals surface area contributed by atoms with E-state index in [2.05, 4.69) is 40.3 Å². The molecule has 0 bridgehead atoms. The normalized spacial score (nSPS) is 14.0. The van der Waals surface area contributed by atoms with Crippen molar-refractivity contribution in [2.45, 2.75) is 6.92 Å². The molecule has 140 valence electrons. The molecule has 27 heavy (non-hydrogen) atoms. The maximum Gasteiger partial charge on any atom is 0.292 e. The number of rotatable bonds is 5. The van der Waals surface area contributed by atoms with E-state index in [1.807, 2.05) is 6.07 Å². The van der Waals surface area contributed by atoms with Gasteiger partial charge >= 0.3 is 0 Å². The number of aryl methyl sites for hydroxylation is 1. The Morgan fingerprint density at radius 1 is 1.07 bits per heavy atom. The van der Waals surface area contributed by atoms with Crippen molar-refractivity contribution in [3.8, 4) is 0 Å². The van der Waals surface area contributed by atoms with Gasteiger partial charge in [-0.25, -0.2) is 0 Å². The lowest BCUT2D eigenvalue weighted by atomic mass is 10.2. The fourth-order valence-corrected chi connectivity index (χ4v) is 3.01. The Morgan fingerprint density at radius 3 is 2.52 bits per heavy atom. The molecule has 7 nitrogen and oxygen atoms in total. The molecule has 3 rings (SSSR count). The maximum absolute atomic E-state index is 12.3. The SMILES string of the molecule is Cc1cccc(N2CCN(C(=O)CNC(=O)C(=O)c3cccnc3)CC2)c1. The summed E-state index contributed by atoms with van der Waals surface area (Å²) < 4.78 is 0. The van der Waals surface area contributed by atoms with Crippen molar-refractivity contribution >= 4 is 23.3 Å². The highest BCUT2D eigenvalue weighted by Crippen LogP contribution is 2.17. The number of benzene rings is 1. The molecule has 2 heterocycles. The number of nitrogens with one attached hydrogen (secondary N) is 1. The second-order valence-corrected chi connectivity index (χ2v) is 6.46. The van der Waals surface area contributed by atoms with Crippen LogP contribution in [0.3, 0.4) is 0 Å². The first-order chi connectivity index (χ1) is 13.0. The zero-order valence-corrected chi connectivity index (χ0v) is 15.2. The Morgan fingerprint density at radius 2 is 1.85 bits per heavy atom. The standard InChI is InChI=1S/C20H22N4O3/c1-15-4-2-6-17(12-15)23-8-10-24(11-9-23)18(25)14-22-20(27)19(26)16-5-3-7-21-13-16/h2-7,12-13H,8-11,14H2,1H3,(H,22,27). The van der Waals surface area contributed by atoms with Gasteiger partial charge in [0.05, 0.1) is 6.54 Å². The lowest BCUT2D eigenvalue weighted by Gasteiger charge is -2.36. The number of piperazine rings is 1. The Kier molecular flexibility index (Phi) is 5.80. The molecule has 0 radical (unpaired) electrons. The van der Waals surface area contributed by atoms with Crippen LogP contribution in [0.4, 0.5) is 5.69 Å². The maximum atomic E-state index is 12.3. The number of Topliss-reactive ketones (excluding diaryl/α,β-unsaturated/α-hetero) is 1. The van der Waals surface area contributed by atoms with Gasteiger partial charge in [-0.1, -0.05) is 12.1 Å². The second kappa shape index (κ2) is 8.44. The van der Waals surface area contributed by atoms with Crippen LogP contribution in [-0.4, -0.2) is 60.2 Å². The van der Waals surface area contributed by atoms with Gasteiger partial charge in [-0.3, -0.25) is 19.4 Å². The fourth-order valence-electron chi connectivity index (χ4n) is 3.01. The van der Waals surface area contributed by atoms with Gasteiger partial charge in [0.1, 0.15) is 0 Å². The fraction of sp³-hybridized carbons (Fsp3) is 0.300. The van der Waals surface area contributed by atoms with Crippen molar-refractivity contribution in [3.63, 3.8) is 0 Å². The summed E-state index contributed by atoms with van der Waals surface area (Å²) in [5.74, 6) is -1.68. The molecule has 1 saturated heterocycles. The van der Waals surface area contributed by atoms with E-state index >= 15 is 0 Å². The Balaban J connectivity index is 1.47. The number of hydrogen-bond acceptors (Lipinski definition) is 5. The molecule has 7 heteroatoms. The molecular formula is C20H22N4O3. The molecule has 1 aliphatic rings. The number of ketones is 1. The molecule has 1 aromatic carbocycles. The molecule has 1 aromatic heterocycles. The number of anilines is 1. The first-order valence-electron chi connectivity index (χ1n) is 8.86. The predicted molar refractivity (Wildman–Crippen MR) is 102 cm³/mol. The topological polar surface area (TPSA) is 82.6 Å². The smallest absolute Gasteiger partial charge is 0.292 e. The van der Waals surface area contributed by atoms with Gasteiger partial charge in [0.25, 0.3) is 11.7 Å². The lowest BCUT2D eigenvalue weighted by molar-refractivity contribution is -0.132. The predicted octanol–water partition coefficient (Wildman–Crippen LogP) is 1.04. The highest BCUT2D eigenvalue weighted by Gasteiger charge is 2.23. The van der Waals surface area contributed by atoms with Crippen molar-refractivity contribution in [1.82, 2.24) is 15.2 Å². The minimum Gasteiger partial charge on any atom is -0.368 e. The average Bonchev–Trinajstić information content (AvgIpc) is 2.72. The van der Waals surface area contributed by atoms with E-state index < -0.39 is 11.7 Å². The Bertz CT molecular complexity index is 830. The largest absolute Gasteiger partial charge is 0.368 e. The van der Waals surface area contributed by atoms with Gasteiger partial charge in [-0.05, 0) is 36.8 Å². The van der Waals surface area contributed by atoms with Crippen LogP contribution in [0.2, 0.25) is 0 Å². The third-order valence-corrected chi connectivity index (χ3v) is 4.53. The summed E-state index contributed by atoms with van der Waals surface area (Å²) >= 11 is 0. The molecule has 2 amide bonds. The third-order valence-electron chi connectivity index (χ3n) is 4.53. The van der Waals surface area contributed by atoms with Gasteiger partial charge < -0.3 is 15.1 Å². The number of nitrogens with zero attached hydrogens (tertiary/aromatic N) is 3. The summed E-state index contributed by atoms with van der Waals surface area (Å²) in [5, 5.41) is 2.41. The second-order valence-electron chi connectivity index (χ2n) is 6.46. The van der Waals surface area contributed by atoms with E-state index in [1.54, 1.807) is 11.0 Å². The lowest BCUT2D eigenvalue weighted by Crippen LogP contribution is -2.51. The van der Waals surface area contributed by atoms with Gasteiger partial charge in [0, 0.05) is 49.8 Å². The number of carbonyl (C=O) groups excluding carboxylic acids is 3. The first kappa shape index (κ1) is 18.6. The summed E-state index contributed by atoms with van der Waals surface area (Å²) in [7, 11) is 0. The van der Waals surface area contributed by atoms with E-state index in [1.165, 1.54) is 24.0 Å². The first-order valence-corrected chi connectivity index (χ1v) is 8.86. The summed E-state index contributed by atoms with van der Waals surface area (Å²) in [6.07, 6.45) is 2.85.